The van der Waals surface area contributed by atoms with Crippen LogP contribution in [0.1, 0.15) is 22.3 Å². The van der Waals surface area contributed by atoms with Crippen molar-refractivity contribution in [2.24, 2.45) is 0 Å². The van der Waals surface area contributed by atoms with Crippen molar-refractivity contribution in [1.82, 2.24) is 0 Å². The third kappa shape index (κ3) is 3.68. The van der Waals surface area contributed by atoms with Gasteiger partial charge < -0.3 is 5.32 Å². The number of halogens is 1. The lowest BCUT2D eigenvalue weighted by molar-refractivity contribution is -0.120. The van der Waals surface area contributed by atoms with Crippen molar-refractivity contribution < 1.29 is 9.59 Å². The van der Waals surface area contributed by atoms with Gasteiger partial charge in [0.15, 0.2) is 0 Å². The Morgan fingerprint density at radius 1 is 0.800 bits per heavy atom. The summed E-state index contributed by atoms with van der Waals surface area (Å²) in [6.07, 6.45) is 0. The highest BCUT2D eigenvalue weighted by molar-refractivity contribution is 9.10. The van der Waals surface area contributed by atoms with Crippen LogP contribution in [0.2, 0.25) is 0 Å². The van der Waals surface area contributed by atoms with Crippen LogP contribution in [0.3, 0.4) is 0 Å². The molecule has 0 radical (unpaired) electrons. The lowest BCUT2D eigenvalue weighted by Gasteiger charge is -2.16. The molecule has 0 aliphatic carbocycles. The third-order valence-electron chi connectivity index (χ3n) is 5.12. The number of benzene rings is 3. The first-order valence-corrected chi connectivity index (χ1v) is 10.4. The summed E-state index contributed by atoms with van der Waals surface area (Å²) in [4.78, 5) is 28.2. The zero-order valence-electron chi connectivity index (χ0n) is 17.0. The molecule has 0 atom stereocenters. The van der Waals surface area contributed by atoms with E-state index in [0.717, 1.165) is 32.4 Å². The molecule has 4 nitrogen and oxygen atoms in total. The minimum absolute atomic E-state index is 0.283. The number of carbonyl (C=O) groups excluding carboxylic acids is 2. The van der Waals surface area contributed by atoms with Crippen molar-refractivity contribution in [3.05, 3.63) is 99.2 Å². The number of hydrogen-bond acceptors (Lipinski definition) is 3. The van der Waals surface area contributed by atoms with Crippen LogP contribution in [0, 0.1) is 20.8 Å². The van der Waals surface area contributed by atoms with Crippen LogP contribution in [0.15, 0.2) is 76.9 Å². The lowest BCUT2D eigenvalue weighted by atomic mass is 9.97. The smallest absolute Gasteiger partial charge is 0.282 e. The second-order valence-electron chi connectivity index (χ2n) is 7.48. The summed E-state index contributed by atoms with van der Waals surface area (Å²) in [5, 5.41) is 3.20. The van der Waals surface area contributed by atoms with E-state index < -0.39 is 0 Å². The fraction of sp³-hybridized carbons (Fsp3) is 0.120. The first-order chi connectivity index (χ1) is 14.3. The number of nitrogens with zero attached hydrogens (tertiary/aromatic N) is 1. The molecule has 0 unspecified atom stereocenters. The molecule has 1 heterocycles. The monoisotopic (exact) mass is 460 g/mol. The second kappa shape index (κ2) is 7.92. The first-order valence-electron chi connectivity index (χ1n) is 9.65. The molecule has 0 fully saturated rings. The van der Waals surface area contributed by atoms with Gasteiger partial charge in [0.1, 0.15) is 5.70 Å². The standard InChI is InChI=1S/C25H21BrN2O2/c1-15-7-10-20(11-8-15)28-24(29)22(21-12-9-16(2)13-17(21)3)23(25(28)30)27-19-6-4-5-18(26)14-19/h4-14,27H,1-3H3. The summed E-state index contributed by atoms with van der Waals surface area (Å²) in [5.74, 6) is -0.688. The minimum Gasteiger partial charge on any atom is -0.350 e. The van der Waals surface area contributed by atoms with Gasteiger partial charge in [0.05, 0.1) is 11.3 Å². The van der Waals surface area contributed by atoms with Gasteiger partial charge in [-0.2, -0.15) is 0 Å². The van der Waals surface area contributed by atoms with Crippen molar-refractivity contribution in [3.8, 4) is 0 Å². The molecular weight excluding hydrogens is 440 g/mol. The van der Waals surface area contributed by atoms with Crippen molar-refractivity contribution in [1.29, 1.82) is 0 Å². The molecule has 1 N–H and O–H groups in total. The number of rotatable bonds is 4. The molecule has 0 saturated heterocycles. The van der Waals surface area contributed by atoms with Crippen LogP contribution in [0.25, 0.3) is 5.57 Å². The predicted molar refractivity (Wildman–Crippen MR) is 124 cm³/mol. The topological polar surface area (TPSA) is 49.4 Å². The molecule has 0 bridgehead atoms. The summed E-state index contributed by atoms with van der Waals surface area (Å²) in [6.45, 7) is 5.93. The Labute approximate surface area is 184 Å². The summed E-state index contributed by atoms with van der Waals surface area (Å²) in [6, 6.07) is 20.8. The number of nitrogens with one attached hydrogen (secondary N) is 1. The number of anilines is 2. The van der Waals surface area contributed by atoms with Crippen LogP contribution < -0.4 is 10.2 Å². The maximum Gasteiger partial charge on any atom is 0.282 e. The zero-order chi connectivity index (χ0) is 21.4. The van der Waals surface area contributed by atoms with Gasteiger partial charge in [0.2, 0.25) is 0 Å². The summed E-state index contributed by atoms with van der Waals surface area (Å²) < 4.78 is 0.883. The highest BCUT2D eigenvalue weighted by atomic mass is 79.9. The van der Waals surface area contributed by atoms with Gasteiger partial charge in [-0.3, -0.25) is 9.59 Å². The molecule has 0 saturated carbocycles. The van der Waals surface area contributed by atoms with Gasteiger partial charge >= 0.3 is 0 Å². The van der Waals surface area contributed by atoms with Crippen LogP contribution in [0.5, 0.6) is 0 Å². The van der Waals surface area contributed by atoms with Crippen molar-refractivity contribution >= 4 is 44.7 Å². The SMILES string of the molecule is Cc1ccc(N2C(=O)C(Nc3cccc(Br)c3)=C(c3ccc(C)cc3C)C2=O)cc1. The highest BCUT2D eigenvalue weighted by Crippen LogP contribution is 2.35. The van der Waals surface area contributed by atoms with E-state index in [2.05, 4.69) is 21.2 Å². The zero-order valence-corrected chi connectivity index (χ0v) is 18.6. The first kappa shape index (κ1) is 20.1. The molecule has 3 aromatic carbocycles. The fourth-order valence-electron chi connectivity index (χ4n) is 3.63. The van der Waals surface area contributed by atoms with E-state index in [0.29, 0.717) is 11.3 Å². The largest absolute Gasteiger partial charge is 0.350 e. The molecule has 3 aromatic rings. The van der Waals surface area contributed by atoms with Gasteiger partial charge in [-0.15, -0.1) is 0 Å². The predicted octanol–water partition coefficient (Wildman–Crippen LogP) is 5.77. The Morgan fingerprint density at radius 3 is 2.17 bits per heavy atom. The van der Waals surface area contributed by atoms with Crippen LogP contribution in [-0.4, -0.2) is 11.8 Å². The van der Waals surface area contributed by atoms with Gasteiger partial charge in [0.25, 0.3) is 11.8 Å². The highest BCUT2D eigenvalue weighted by Gasteiger charge is 2.40. The Kier molecular flexibility index (Phi) is 5.31. The van der Waals surface area contributed by atoms with Crippen LogP contribution in [0.4, 0.5) is 11.4 Å². The van der Waals surface area contributed by atoms with Gasteiger partial charge in [-0.1, -0.05) is 63.5 Å². The summed E-state index contributed by atoms with van der Waals surface area (Å²) in [5.41, 5.74) is 5.83. The second-order valence-corrected chi connectivity index (χ2v) is 8.40. The van der Waals surface area contributed by atoms with E-state index >= 15 is 0 Å². The van der Waals surface area contributed by atoms with Gasteiger partial charge in [0, 0.05) is 10.2 Å². The molecule has 150 valence electrons. The molecule has 5 heteroatoms. The third-order valence-corrected chi connectivity index (χ3v) is 5.61. The molecule has 30 heavy (non-hydrogen) atoms. The van der Waals surface area contributed by atoms with Gasteiger partial charge in [-0.25, -0.2) is 4.90 Å². The molecule has 2 amide bonds. The van der Waals surface area contributed by atoms with Gasteiger partial charge in [-0.05, 0) is 62.2 Å². The maximum atomic E-state index is 13.5. The quantitative estimate of drug-likeness (QED) is 0.502. The fourth-order valence-corrected chi connectivity index (χ4v) is 4.03. The molecular formula is C25H21BrN2O2. The molecule has 0 spiro atoms. The summed E-state index contributed by atoms with van der Waals surface area (Å²) in [7, 11) is 0. The van der Waals surface area contributed by atoms with Crippen molar-refractivity contribution in [3.63, 3.8) is 0 Å². The average molecular weight is 461 g/mol. The average Bonchev–Trinajstić information content (AvgIpc) is 2.93. The minimum atomic E-state index is -0.362. The molecule has 4 rings (SSSR count). The van der Waals surface area contributed by atoms with Crippen molar-refractivity contribution in [2.45, 2.75) is 20.8 Å². The molecule has 1 aliphatic rings. The van der Waals surface area contributed by atoms with Crippen LogP contribution in [-0.2, 0) is 9.59 Å². The Morgan fingerprint density at radius 2 is 1.50 bits per heavy atom. The van der Waals surface area contributed by atoms with E-state index in [4.69, 9.17) is 0 Å². The number of imide groups is 1. The maximum absolute atomic E-state index is 13.5. The number of hydrogen-bond donors (Lipinski definition) is 1. The van der Waals surface area contributed by atoms with E-state index in [1.54, 1.807) is 12.1 Å². The van der Waals surface area contributed by atoms with E-state index in [9.17, 15) is 9.59 Å². The summed E-state index contributed by atoms with van der Waals surface area (Å²) >= 11 is 3.46. The Hall–Kier alpha value is -3.18. The Bertz CT molecular complexity index is 1200. The number of carbonyl (C=O) groups is 2. The van der Waals surface area contributed by atoms with Crippen LogP contribution >= 0.6 is 15.9 Å². The Balaban J connectivity index is 1.86. The number of aryl methyl sites for hydroxylation is 3. The normalized spacial score (nSPS) is 13.9. The van der Waals surface area contributed by atoms with E-state index in [-0.39, 0.29) is 17.5 Å². The lowest BCUT2D eigenvalue weighted by Crippen LogP contribution is -2.32. The number of amides is 2. The molecule has 0 aromatic heterocycles. The van der Waals surface area contributed by atoms with E-state index in [1.165, 1.54) is 4.90 Å². The van der Waals surface area contributed by atoms with E-state index in [1.807, 2.05) is 75.4 Å². The molecule has 1 aliphatic heterocycles. The van der Waals surface area contributed by atoms with Crippen molar-refractivity contribution in [2.75, 3.05) is 10.2 Å².